The van der Waals surface area contributed by atoms with Gasteiger partial charge in [-0.2, -0.15) is 26.3 Å². The Balaban J connectivity index is 1.77. The molecule has 1 aliphatic heterocycles. The van der Waals surface area contributed by atoms with Gasteiger partial charge in [-0.15, -0.1) is 0 Å². The van der Waals surface area contributed by atoms with Crippen molar-refractivity contribution in [1.82, 2.24) is 9.34 Å². The summed E-state index contributed by atoms with van der Waals surface area (Å²) in [4.78, 5) is 0. The molecule has 0 amide bonds. The summed E-state index contributed by atoms with van der Waals surface area (Å²) >= 11 is 6.04. The minimum absolute atomic E-state index is 0.0301. The Hall–Kier alpha value is -2.23. The van der Waals surface area contributed by atoms with Crippen molar-refractivity contribution in [2.45, 2.75) is 37.3 Å². The number of rotatable bonds is 6. The molecule has 0 aliphatic carbocycles. The third-order valence-electron chi connectivity index (χ3n) is 6.87. The number of hydrogen-bond donors (Lipinski definition) is 0. The van der Waals surface area contributed by atoms with E-state index in [2.05, 4.69) is 0 Å². The lowest BCUT2D eigenvalue weighted by molar-refractivity contribution is -0.138. The van der Waals surface area contributed by atoms with E-state index < -0.39 is 42.1 Å². The largest absolute Gasteiger partial charge is 0.416 e. The number of benzene rings is 3. The smallest absolute Gasteiger partial charge is 0.326 e. The van der Waals surface area contributed by atoms with Crippen molar-refractivity contribution in [2.75, 3.05) is 20.7 Å². The van der Waals surface area contributed by atoms with Crippen LogP contribution in [0.15, 0.2) is 78.9 Å². The monoisotopic (exact) mass is 572 g/mol. The fourth-order valence-electron chi connectivity index (χ4n) is 4.81. The van der Waals surface area contributed by atoms with Crippen molar-refractivity contribution < 1.29 is 30.9 Å². The van der Waals surface area contributed by atoms with Crippen LogP contribution in [0.5, 0.6) is 0 Å². The van der Waals surface area contributed by atoms with Crippen LogP contribution in [-0.4, -0.2) is 30.0 Å². The molecule has 1 heterocycles. The molecule has 3 aromatic carbocycles. The van der Waals surface area contributed by atoms with Crippen molar-refractivity contribution >= 4 is 18.4 Å². The van der Waals surface area contributed by atoms with E-state index in [0.717, 1.165) is 29.8 Å². The molecule has 0 N–H and O–H groups in total. The zero-order chi connectivity index (χ0) is 27.9. The van der Waals surface area contributed by atoms with Gasteiger partial charge >= 0.3 is 12.4 Å². The van der Waals surface area contributed by atoms with Gasteiger partial charge < -0.3 is 4.52 Å². The highest BCUT2D eigenvalue weighted by molar-refractivity contribution is 8.10. The van der Waals surface area contributed by atoms with Gasteiger partial charge in [0.25, 0.3) is 0 Å². The van der Waals surface area contributed by atoms with Crippen LogP contribution in [0.4, 0.5) is 26.3 Å². The Kier molecular flexibility index (Phi) is 8.13. The van der Waals surface area contributed by atoms with Crippen LogP contribution in [-0.2, 0) is 28.7 Å². The van der Waals surface area contributed by atoms with Crippen molar-refractivity contribution in [2.24, 2.45) is 0 Å². The van der Waals surface area contributed by atoms with E-state index in [1.807, 2.05) is 37.3 Å². The molecule has 1 unspecified atom stereocenters. The first-order valence-corrected chi connectivity index (χ1v) is 14.5. The van der Waals surface area contributed by atoms with Crippen LogP contribution in [0.25, 0.3) is 0 Å². The zero-order valence-electron chi connectivity index (χ0n) is 20.9. The van der Waals surface area contributed by atoms with Gasteiger partial charge in [-0.05, 0) is 66.9 Å². The molecule has 1 fully saturated rings. The maximum atomic E-state index is 13.6. The Morgan fingerprint density at radius 3 is 1.63 bits per heavy atom. The lowest BCUT2D eigenvalue weighted by Gasteiger charge is -2.32. The van der Waals surface area contributed by atoms with Gasteiger partial charge in [-0.1, -0.05) is 61.5 Å². The van der Waals surface area contributed by atoms with Gasteiger partial charge in [-0.25, -0.2) is 9.34 Å². The molecule has 0 saturated carbocycles. The number of hydrogen-bond acceptors (Lipinski definition) is 2. The van der Waals surface area contributed by atoms with Crippen molar-refractivity contribution in [3.05, 3.63) is 107 Å². The molecular formula is C27H27F6N2OPS. The average molecular weight is 573 g/mol. The number of alkyl halides is 6. The lowest BCUT2D eigenvalue weighted by atomic mass is 9.91. The third-order valence-corrected chi connectivity index (χ3v) is 11.3. The zero-order valence-corrected chi connectivity index (χ0v) is 22.6. The quantitative estimate of drug-likeness (QED) is 0.218. The highest BCUT2D eigenvalue weighted by Gasteiger charge is 2.51. The second kappa shape index (κ2) is 10.7. The summed E-state index contributed by atoms with van der Waals surface area (Å²) in [5, 5.41) is 0. The Morgan fingerprint density at radius 1 is 0.763 bits per heavy atom. The van der Waals surface area contributed by atoms with Crippen molar-refractivity contribution in [1.29, 1.82) is 0 Å². The molecule has 0 spiro atoms. The number of halogens is 6. The summed E-state index contributed by atoms with van der Waals surface area (Å²) in [6.45, 7) is -0.833. The van der Waals surface area contributed by atoms with E-state index in [0.29, 0.717) is 11.1 Å². The van der Waals surface area contributed by atoms with Crippen molar-refractivity contribution in [3.8, 4) is 0 Å². The molecule has 0 aromatic heterocycles. The fourth-order valence-corrected chi connectivity index (χ4v) is 7.98. The third kappa shape index (κ3) is 5.70. The van der Waals surface area contributed by atoms with Crippen LogP contribution in [0.1, 0.15) is 52.7 Å². The van der Waals surface area contributed by atoms with Gasteiger partial charge in [0, 0.05) is 5.92 Å². The van der Waals surface area contributed by atoms with Crippen LogP contribution < -0.4 is 0 Å². The van der Waals surface area contributed by atoms with Crippen LogP contribution in [0, 0.1) is 0 Å². The van der Waals surface area contributed by atoms with Gasteiger partial charge in [0.2, 0.25) is 6.57 Å². The Bertz CT molecular complexity index is 1240. The summed E-state index contributed by atoms with van der Waals surface area (Å²) < 4.78 is 91.2. The molecule has 204 valence electrons. The van der Waals surface area contributed by atoms with Gasteiger partial charge in [0.1, 0.15) is 0 Å². The molecule has 1 aliphatic rings. The second-order valence-electron chi connectivity index (χ2n) is 9.38. The highest BCUT2D eigenvalue weighted by atomic mass is 32.5. The van der Waals surface area contributed by atoms with E-state index in [-0.39, 0.29) is 12.5 Å². The summed E-state index contributed by atoms with van der Waals surface area (Å²) in [7, 11) is 3.34. The van der Waals surface area contributed by atoms with E-state index in [4.69, 9.17) is 16.3 Å². The summed E-state index contributed by atoms with van der Waals surface area (Å²) in [5.41, 5.74) is -0.0613. The first kappa shape index (κ1) is 28.8. The summed E-state index contributed by atoms with van der Waals surface area (Å²) in [5.74, 6) is -0.0301. The van der Waals surface area contributed by atoms with Gasteiger partial charge in [0.05, 0.1) is 29.8 Å². The molecular weight excluding hydrogens is 545 g/mol. The summed E-state index contributed by atoms with van der Waals surface area (Å²) in [6, 6.07) is 17.8. The minimum atomic E-state index is -4.58. The number of nitrogens with zero attached hydrogens (tertiary/aromatic N) is 2. The first-order chi connectivity index (χ1) is 17.7. The molecule has 4 rings (SSSR count). The topological polar surface area (TPSA) is 15.7 Å². The van der Waals surface area contributed by atoms with Crippen LogP contribution in [0.3, 0.4) is 0 Å². The standard InChI is InChI=1S/C27H27F6N2OPS/c1-18(19-9-5-4-6-10-19)17-36-37(38)34(2)24(20-11-7-13-22(15-20)26(28,29)30)25(35(37)3)21-12-8-14-23(16-21)27(31,32)33/h4-16,18,24-25H,17H2,1-3H3/t18?,24-,25-/m1/s1. The average Bonchev–Trinajstić information content (AvgIpc) is 3.08. The van der Waals surface area contributed by atoms with Gasteiger partial charge in [0.15, 0.2) is 0 Å². The van der Waals surface area contributed by atoms with E-state index in [9.17, 15) is 26.3 Å². The Labute approximate surface area is 223 Å². The maximum absolute atomic E-state index is 13.6. The predicted octanol–water partition coefficient (Wildman–Crippen LogP) is 8.43. The van der Waals surface area contributed by atoms with Crippen molar-refractivity contribution in [3.63, 3.8) is 0 Å². The number of likely N-dealkylation sites (N-methyl/N-ethyl adjacent to an activating group) is 2. The van der Waals surface area contributed by atoms with Crippen LogP contribution >= 0.6 is 6.57 Å². The predicted molar refractivity (Wildman–Crippen MR) is 139 cm³/mol. The molecule has 1 saturated heterocycles. The SMILES string of the molecule is CC(COP1(=S)N(C)[C@H](c2cccc(C(F)(F)F)c2)[C@@H](c2cccc(C(F)(F)F)c2)N1C)c1ccccc1. The highest BCUT2D eigenvalue weighted by Crippen LogP contribution is 2.69. The molecule has 3 aromatic rings. The molecule has 0 radical (unpaired) electrons. The molecule has 11 heteroatoms. The molecule has 3 nitrogen and oxygen atoms in total. The van der Waals surface area contributed by atoms with E-state index in [1.165, 1.54) is 12.1 Å². The molecule has 3 atom stereocenters. The minimum Gasteiger partial charge on any atom is -0.326 e. The summed E-state index contributed by atoms with van der Waals surface area (Å²) in [6.07, 6.45) is -9.15. The fraction of sp³-hybridized carbons (Fsp3) is 0.333. The van der Waals surface area contributed by atoms with E-state index >= 15 is 0 Å². The van der Waals surface area contributed by atoms with Gasteiger partial charge in [-0.3, -0.25) is 0 Å². The van der Waals surface area contributed by atoms with E-state index in [1.54, 1.807) is 35.6 Å². The first-order valence-electron chi connectivity index (χ1n) is 11.8. The lowest BCUT2D eigenvalue weighted by Crippen LogP contribution is -2.22. The molecule has 38 heavy (non-hydrogen) atoms. The second-order valence-corrected chi connectivity index (χ2v) is 13.3. The molecule has 0 bridgehead atoms. The van der Waals surface area contributed by atoms with Crippen LogP contribution in [0.2, 0.25) is 0 Å². The normalized spacial score (nSPS) is 21.5. The maximum Gasteiger partial charge on any atom is 0.416 e. The Morgan fingerprint density at radius 2 is 1.21 bits per heavy atom.